The predicted octanol–water partition coefficient (Wildman–Crippen LogP) is 2.07. The minimum atomic E-state index is -3.49. The van der Waals surface area contributed by atoms with Gasteiger partial charge in [0.1, 0.15) is 0 Å². The van der Waals surface area contributed by atoms with Gasteiger partial charge in [-0.15, -0.1) is 0 Å². The number of carbonyl (C=O) groups excluding carboxylic acids is 1. The summed E-state index contributed by atoms with van der Waals surface area (Å²) in [5.74, 6) is 0.0525. The maximum Gasteiger partial charge on any atom is 0.255 e. The Kier molecular flexibility index (Phi) is 5.47. The topological polar surface area (TPSA) is 80.5 Å². The summed E-state index contributed by atoms with van der Waals surface area (Å²) >= 11 is 0. The Bertz CT molecular complexity index is 668. The van der Waals surface area contributed by atoms with Crippen LogP contribution < -0.4 is 5.73 Å². The van der Waals surface area contributed by atoms with Gasteiger partial charge >= 0.3 is 0 Å². The molecule has 0 radical (unpaired) electrons. The van der Waals surface area contributed by atoms with Crippen molar-refractivity contribution in [1.29, 1.82) is 0 Å². The molecule has 5 nitrogen and oxygen atoms in total. The molecule has 2 atom stereocenters. The quantitative estimate of drug-likeness (QED) is 0.911. The lowest BCUT2D eigenvalue weighted by Gasteiger charge is -2.35. The van der Waals surface area contributed by atoms with Gasteiger partial charge in [0.25, 0.3) is 5.91 Å². The molecule has 23 heavy (non-hydrogen) atoms. The number of rotatable bonds is 4. The van der Waals surface area contributed by atoms with Crippen LogP contribution in [0.1, 0.15) is 44.0 Å². The summed E-state index contributed by atoms with van der Waals surface area (Å²) in [7, 11) is -3.49. The Hall–Kier alpha value is -1.40. The summed E-state index contributed by atoms with van der Waals surface area (Å²) < 4.78 is 25.0. The van der Waals surface area contributed by atoms with E-state index >= 15 is 0 Å². The maximum atomic E-state index is 12.9. The van der Waals surface area contributed by atoms with Crippen molar-refractivity contribution in [3.8, 4) is 0 Å². The molecule has 6 heteroatoms. The molecule has 1 aromatic carbocycles. The van der Waals surface area contributed by atoms with Gasteiger partial charge in [-0.1, -0.05) is 12.1 Å². The van der Waals surface area contributed by atoms with E-state index in [2.05, 4.69) is 0 Å². The third-order valence-corrected chi connectivity index (χ3v) is 6.74. The van der Waals surface area contributed by atoms with E-state index in [0.717, 1.165) is 12.8 Å². The van der Waals surface area contributed by atoms with Gasteiger partial charge in [0, 0.05) is 19.1 Å². The van der Waals surface area contributed by atoms with Crippen molar-refractivity contribution >= 4 is 15.7 Å². The number of sulfone groups is 1. The highest BCUT2D eigenvalue weighted by Gasteiger charge is 2.30. The number of benzene rings is 1. The van der Waals surface area contributed by atoms with E-state index in [-0.39, 0.29) is 28.3 Å². The molecule has 1 fully saturated rings. The summed E-state index contributed by atoms with van der Waals surface area (Å²) in [5, 5.41) is -0.561. The summed E-state index contributed by atoms with van der Waals surface area (Å²) in [6.45, 7) is 6.45. The Labute approximate surface area is 138 Å². The van der Waals surface area contributed by atoms with Crippen LogP contribution in [0.3, 0.4) is 0 Å². The second kappa shape index (κ2) is 7.01. The van der Waals surface area contributed by atoms with Gasteiger partial charge in [-0.2, -0.15) is 0 Å². The number of nitrogens with two attached hydrogens (primary N) is 1. The Morgan fingerprint density at radius 1 is 1.26 bits per heavy atom. The van der Waals surface area contributed by atoms with E-state index < -0.39 is 15.1 Å². The second-order valence-electron chi connectivity index (χ2n) is 6.60. The fourth-order valence-electron chi connectivity index (χ4n) is 2.94. The smallest absolute Gasteiger partial charge is 0.255 e. The Morgan fingerprint density at radius 3 is 2.52 bits per heavy atom. The highest BCUT2D eigenvalue weighted by Crippen LogP contribution is 2.25. The van der Waals surface area contributed by atoms with E-state index in [0.29, 0.717) is 13.1 Å². The molecule has 1 aromatic rings. The SMILES string of the molecule is CC(N)C1CCCN(C(=O)c2ccccc2S(=O)(=O)C(C)C)C1. The van der Waals surface area contributed by atoms with Crippen molar-refractivity contribution < 1.29 is 13.2 Å². The minimum Gasteiger partial charge on any atom is -0.338 e. The second-order valence-corrected chi connectivity index (χ2v) is 9.08. The van der Waals surface area contributed by atoms with Crippen LogP contribution >= 0.6 is 0 Å². The zero-order valence-corrected chi connectivity index (χ0v) is 14.8. The van der Waals surface area contributed by atoms with Crippen LogP contribution in [0.2, 0.25) is 0 Å². The molecule has 1 amide bonds. The maximum absolute atomic E-state index is 12.9. The molecule has 1 saturated heterocycles. The zero-order valence-electron chi connectivity index (χ0n) is 14.0. The standard InChI is InChI=1S/C17H26N2O3S/c1-12(2)23(21,22)16-9-5-4-8-15(16)17(20)19-10-6-7-14(11-19)13(3)18/h4-5,8-9,12-14H,6-7,10-11,18H2,1-3H3. The van der Waals surface area contributed by atoms with Gasteiger partial charge in [0.05, 0.1) is 15.7 Å². The average Bonchev–Trinajstić information content (AvgIpc) is 2.54. The van der Waals surface area contributed by atoms with E-state index in [9.17, 15) is 13.2 Å². The predicted molar refractivity (Wildman–Crippen MR) is 91.0 cm³/mol. The first kappa shape index (κ1) is 17.9. The lowest BCUT2D eigenvalue weighted by Crippen LogP contribution is -2.45. The van der Waals surface area contributed by atoms with Crippen LogP contribution in [0.15, 0.2) is 29.2 Å². The van der Waals surface area contributed by atoms with Gasteiger partial charge in [-0.05, 0) is 51.7 Å². The number of amides is 1. The summed E-state index contributed by atoms with van der Waals surface area (Å²) in [4.78, 5) is 14.7. The first-order valence-electron chi connectivity index (χ1n) is 8.13. The van der Waals surface area contributed by atoms with Gasteiger partial charge in [-0.25, -0.2) is 8.42 Å². The average molecular weight is 338 g/mol. The molecule has 0 bridgehead atoms. The molecule has 0 aromatic heterocycles. The van der Waals surface area contributed by atoms with Crippen molar-refractivity contribution in [2.24, 2.45) is 11.7 Å². The van der Waals surface area contributed by atoms with Crippen molar-refractivity contribution in [3.05, 3.63) is 29.8 Å². The Balaban J connectivity index is 2.34. The van der Waals surface area contributed by atoms with E-state index in [1.54, 1.807) is 36.9 Å². The van der Waals surface area contributed by atoms with Crippen LogP contribution in [0.5, 0.6) is 0 Å². The highest BCUT2D eigenvalue weighted by atomic mass is 32.2. The monoisotopic (exact) mass is 338 g/mol. The van der Waals surface area contributed by atoms with Gasteiger partial charge in [0.15, 0.2) is 9.84 Å². The molecule has 2 unspecified atom stereocenters. The fraction of sp³-hybridized carbons (Fsp3) is 0.588. The number of hydrogen-bond donors (Lipinski definition) is 1. The van der Waals surface area contributed by atoms with Gasteiger partial charge < -0.3 is 10.6 Å². The molecule has 2 N–H and O–H groups in total. The number of hydrogen-bond acceptors (Lipinski definition) is 4. The lowest BCUT2D eigenvalue weighted by atomic mass is 9.92. The number of likely N-dealkylation sites (tertiary alicyclic amines) is 1. The third kappa shape index (κ3) is 3.75. The van der Waals surface area contributed by atoms with Gasteiger partial charge in [0.2, 0.25) is 0 Å². The van der Waals surface area contributed by atoms with Crippen molar-refractivity contribution in [3.63, 3.8) is 0 Å². The van der Waals surface area contributed by atoms with Crippen molar-refractivity contribution in [2.75, 3.05) is 13.1 Å². The molecule has 1 heterocycles. The molecule has 1 aliphatic rings. The molecular formula is C17H26N2O3S. The minimum absolute atomic E-state index is 0.0280. The summed E-state index contributed by atoms with van der Waals surface area (Å²) in [5.41, 5.74) is 6.24. The molecule has 2 rings (SSSR count). The van der Waals surface area contributed by atoms with Crippen LogP contribution in [0.4, 0.5) is 0 Å². The first-order chi connectivity index (χ1) is 10.7. The molecule has 1 aliphatic heterocycles. The summed E-state index contributed by atoms with van der Waals surface area (Å²) in [6, 6.07) is 6.52. The normalized spacial score (nSPS) is 20.6. The molecule has 0 aliphatic carbocycles. The van der Waals surface area contributed by atoms with Crippen molar-refractivity contribution in [2.45, 2.75) is 49.8 Å². The molecular weight excluding hydrogens is 312 g/mol. The van der Waals surface area contributed by atoms with Crippen molar-refractivity contribution in [1.82, 2.24) is 4.90 Å². The first-order valence-corrected chi connectivity index (χ1v) is 9.67. The van der Waals surface area contributed by atoms with E-state index in [1.165, 1.54) is 6.07 Å². The zero-order chi connectivity index (χ0) is 17.2. The molecule has 0 spiro atoms. The number of carbonyl (C=O) groups is 1. The Morgan fingerprint density at radius 2 is 1.91 bits per heavy atom. The van der Waals surface area contributed by atoms with Crippen LogP contribution in [-0.2, 0) is 9.84 Å². The van der Waals surface area contributed by atoms with Crippen LogP contribution in [0, 0.1) is 5.92 Å². The van der Waals surface area contributed by atoms with Crippen LogP contribution in [-0.4, -0.2) is 43.6 Å². The fourth-order valence-corrected chi connectivity index (χ4v) is 4.18. The van der Waals surface area contributed by atoms with Crippen LogP contribution in [0.25, 0.3) is 0 Å². The van der Waals surface area contributed by atoms with Gasteiger partial charge in [-0.3, -0.25) is 4.79 Å². The summed E-state index contributed by atoms with van der Waals surface area (Å²) in [6.07, 6.45) is 1.91. The highest BCUT2D eigenvalue weighted by molar-refractivity contribution is 7.92. The number of nitrogens with zero attached hydrogens (tertiary/aromatic N) is 1. The lowest BCUT2D eigenvalue weighted by molar-refractivity contribution is 0.0657. The largest absolute Gasteiger partial charge is 0.338 e. The molecule has 0 saturated carbocycles. The third-order valence-electron chi connectivity index (χ3n) is 4.53. The number of piperidine rings is 1. The molecule has 128 valence electrons. The van der Waals surface area contributed by atoms with E-state index in [4.69, 9.17) is 5.73 Å². The van der Waals surface area contributed by atoms with E-state index in [1.807, 2.05) is 6.92 Å².